The summed E-state index contributed by atoms with van der Waals surface area (Å²) in [6.45, 7) is 3.62. The maximum Gasteiger partial charge on any atom is 0.512 e. The molecule has 0 atom stereocenters. The zero-order valence-corrected chi connectivity index (χ0v) is 18.9. The van der Waals surface area contributed by atoms with Gasteiger partial charge in [0.15, 0.2) is 0 Å². The number of amides is 1. The highest BCUT2D eigenvalue weighted by Crippen LogP contribution is 2.44. The van der Waals surface area contributed by atoms with E-state index in [0.717, 1.165) is 16.9 Å². The average Bonchev–Trinajstić information content (AvgIpc) is 3.04. The van der Waals surface area contributed by atoms with Crippen LogP contribution < -0.4 is 9.64 Å². The minimum atomic E-state index is -1.48. The van der Waals surface area contributed by atoms with Crippen LogP contribution in [0.3, 0.4) is 0 Å². The second-order valence-corrected chi connectivity index (χ2v) is 8.85. The predicted octanol–water partition coefficient (Wildman–Crippen LogP) is 7.49. The Labute approximate surface area is 192 Å². The number of ether oxygens (including phenoxy) is 1. The van der Waals surface area contributed by atoms with Gasteiger partial charge in [-0.05, 0) is 55.8 Å². The number of carboxylic acid groups (broad SMARTS) is 1. The topological polar surface area (TPSA) is 66.8 Å². The van der Waals surface area contributed by atoms with Crippen LogP contribution in [-0.4, -0.2) is 23.2 Å². The molecule has 9 heteroatoms. The Morgan fingerprint density at radius 1 is 1.03 bits per heavy atom. The summed E-state index contributed by atoms with van der Waals surface area (Å²) in [5.41, 5.74) is 1.34. The minimum Gasteiger partial charge on any atom is -0.449 e. The van der Waals surface area contributed by atoms with Crippen LogP contribution in [0.5, 0.6) is 5.06 Å². The molecule has 156 valence electrons. The van der Waals surface area contributed by atoms with Crippen molar-refractivity contribution in [2.45, 2.75) is 19.9 Å². The highest BCUT2D eigenvalue weighted by atomic mass is 35.5. The smallest absolute Gasteiger partial charge is 0.449 e. The van der Waals surface area contributed by atoms with Crippen LogP contribution in [0.4, 0.5) is 10.5 Å². The number of thiophene rings is 1. The molecule has 3 rings (SSSR count). The van der Waals surface area contributed by atoms with Crippen molar-refractivity contribution >= 4 is 63.9 Å². The molecule has 1 amide bonds. The lowest BCUT2D eigenvalue weighted by Crippen LogP contribution is -2.37. The monoisotopic (exact) mass is 483 g/mol. The molecular formula is C21H16Cl3NO4S. The van der Waals surface area contributed by atoms with Crippen molar-refractivity contribution in [2.75, 3.05) is 4.90 Å². The summed E-state index contributed by atoms with van der Waals surface area (Å²) in [7, 11) is 0. The molecule has 0 aliphatic carbocycles. The quantitative estimate of drug-likeness (QED) is 0.381. The predicted molar refractivity (Wildman–Crippen MR) is 122 cm³/mol. The van der Waals surface area contributed by atoms with Gasteiger partial charge in [0.2, 0.25) is 5.06 Å². The first-order chi connectivity index (χ1) is 14.2. The van der Waals surface area contributed by atoms with E-state index >= 15 is 0 Å². The van der Waals surface area contributed by atoms with Crippen molar-refractivity contribution in [2.24, 2.45) is 0 Å². The van der Waals surface area contributed by atoms with Crippen LogP contribution in [0.25, 0.3) is 10.4 Å². The first-order valence-corrected chi connectivity index (χ1v) is 10.7. The minimum absolute atomic E-state index is 0.0737. The van der Waals surface area contributed by atoms with Crippen molar-refractivity contribution in [3.8, 4) is 15.5 Å². The molecule has 30 heavy (non-hydrogen) atoms. The lowest BCUT2D eigenvalue weighted by Gasteiger charge is -2.27. The van der Waals surface area contributed by atoms with Gasteiger partial charge in [-0.1, -0.05) is 58.3 Å². The van der Waals surface area contributed by atoms with E-state index in [9.17, 15) is 14.7 Å². The van der Waals surface area contributed by atoms with E-state index in [4.69, 9.17) is 39.5 Å². The van der Waals surface area contributed by atoms with Gasteiger partial charge in [-0.25, -0.2) is 4.79 Å². The van der Waals surface area contributed by atoms with Crippen molar-refractivity contribution in [1.82, 2.24) is 0 Å². The standard InChI is InChI=1S/C21H16Cl3NO4S/c1-11(2)25(19(26)15-7-6-14(23)9-16(15)24)17-10-18(30-20(17)29-21(27)28)12-4-3-5-13(22)8-12/h3-11H,1-2H3,(H,27,28). The Kier molecular flexibility index (Phi) is 6.93. The second-order valence-electron chi connectivity index (χ2n) is 6.55. The SMILES string of the molecule is CC(C)N(C(=O)c1ccc(Cl)cc1Cl)c1cc(-c2cccc(Cl)c2)sc1OC(=O)O. The molecule has 0 radical (unpaired) electrons. The summed E-state index contributed by atoms with van der Waals surface area (Å²) >= 11 is 19.4. The highest BCUT2D eigenvalue weighted by Gasteiger charge is 2.28. The Hall–Kier alpha value is -2.25. The zero-order valence-electron chi connectivity index (χ0n) is 15.9. The van der Waals surface area contributed by atoms with Crippen LogP contribution in [0, 0.1) is 0 Å². The number of benzene rings is 2. The molecule has 0 aliphatic rings. The molecule has 0 fully saturated rings. The summed E-state index contributed by atoms with van der Waals surface area (Å²) in [5, 5.41) is 10.4. The van der Waals surface area contributed by atoms with Crippen LogP contribution in [0.1, 0.15) is 24.2 Å². The van der Waals surface area contributed by atoms with Gasteiger partial charge in [-0.15, -0.1) is 0 Å². The third-order valence-electron chi connectivity index (χ3n) is 4.13. The molecule has 1 aromatic heterocycles. The molecule has 0 bridgehead atoms. The lowest BCUT2D eigenvalue weighted by molar-refractivity contribution is 0.0978. The molecule has 0 unspecified atom stereocenters. The number of rotatable bonds is 5. The van der Waals surface area contributed by atoms with E-state index < -0.39 is 12.1 Å². The molecule has 1 heterocycles. The van der Waals surface area contributed by atoms with E-state index in [1.165, 1.54) is 17.0 Å². The zero-order chi connectivity index (χ0) is 22.0. The van der Waals surface area contributed by atoms with Crippen molar-refractivity contribution in [1.29, 1.82) is 0 Å². The van der Waals surface area contributed by atoms with E-state index in [-0.39, 0.29) is 21.7 Å². The van der Waals surface area contributed by atoms with Crippen LogP contribution >= 0.6 is 46.1 Å². The van der Waals surface area contributed by atoms with Crippen LogP contribution in [0.15, 0.2) is 48.5 Å². The molecule has 0 spiro atoms. The average molecular weight is 485 g/mol. The Morgan fingerprint density at radius 3 is 2.33 bits per heavy atom. The third kappa shape index (κ3) is 4.90. The molecule has 2 aromatic carbocycles. The van der Waals surface area contributed by atoms with Crippen LogP contribution in [-0.2, 0) is 0 Å². The maximum absolute atomic E-state index is 13.3. The van der Waals surface area contributed by atoms with E-state index in [1.54, 1.807) is 30.3 Å². The van der Waals surface area contributed by atoms with Crippen molar-refractivity contribution in [3.05, 3.63) is 69.2 Å². The van der Waals surface area contributed by atoms with Gasteiger partial charge in [0.1, 0.15) is 0 Å². The summed E-state index contributed by atoms with van der Waals surface area (Å²) in [6, 6.07) is 13.1. The second kappa shape index (κ2) is 9.27. The van der Waals surface area contributed by atoms with E-state index in [0.29, 0.717) is 20.6 Å². The first kappa shape index (κ1) is 22.4. The third-order valence-corrected chi connectivity index (χ3v) is 5.96. The van der Waals surface area contributed by atoms with Gasteiger partial charge in [0, 0.05) is 21.0 Å². The number of anilines is 1. The summed E-state index contributed by atoms with van der Waals surface area (Å²) < 4.78 is 5.00. The summed E-state index contributed by atoms with van der Waals surface area (Å²) in [6.07, 6.45) is -1.48. The van der Waals surface area contributed by atoms with Crippen LogP contribution in [0.2, 0.25) is 15.1 Å². The first-order valence-electron chi connectivity index (χ1n) is 8.76. The van der Waals surface area contributed by atoms with Gasteiger partial charge in [0.25, 0.3) is 5.91 Å². The fourth-order valence-corrected chi connectivity index (χ4v) is 4.55. The fourth-order valence-electron chi connectivity index (χ4n) is 2.88. The molecule has 3 aromatic rings. The van der Waals surface area contributed by atoms with Gasteiger partial charge in [-0.2, -0.15) is 0 Å². The number of hydrogen-bond acceptors (Lipinski definition) is 4. The fraction of sp³-hybridized carbons (Fsp3) is 0.143. The van der Waals surface area contributed by atoms with Gasteiger partial charge in [0.05, 0.1) is 16.3 Å². The molecule has 1 N–H and O–H groups in total. The Balaban J connectivity index is 2.13. The van der Waals surface area contributed by atoms with E-state index in [2.05, 4.69) is 0 Å². The van der Waals surface area contributed by atoms with Gasteiger partial charge < -0.3 is 14.7 Å². The molecule has 0 saturated carbocycles. The maximum atomic E-state index is 13.3. The number of nitrogens with zero attached hydrogens (tertiary/aromatic N) is 1. The normalized spacial score (nSPS) is 10.9. The number of carbonyl (C=O) groups is 2. The largest absolute Gasteiger partial charge is 0.512 e. The van der Waals surface area contributed by atoms with Gasteiger partial charge >= 0.3 is 6.16 Å². The van der Waals surface area contributed by atoms with Crippen molar-refractivity contribution in [3.63, 3.8) is 0 Å². The Bertz CT molecular complexity index is 1110. The molecular weight excluding hydrogens is 469 g/mol. The molecule has 5 nitrogen and oxygen atoms in total. The van der Waals surface area contributed by atoms with Crippen molar-refractivity contribution < 1.29 is 19.4 Å². The number of hydrogen-bond donors (Lipinski definition) is 1. The Morgan fingerprint density at radius 2 is 1.73 bits per heavy atom. The molecule has 0 aliphatic heterocycles. The summed E-state index contributed by atoms with van der Waals surface area (Å²) in [4.78, 5) is 26.7. The lowest BCUT2D eigenvalue weighted by atomic mass is 10.1. The summed E-state index contributed by atoms with van der Waals surface area (Å²) in [5.74, 6) is -0.405. The highest BCUT2D eigenvalue weighted by molar-refractivity contribution is 7.18. The molecule has 0 saturated heterocycles. The van der Waals surface area contributed by atoms with E-state index in [1.807, 2.05) is 19.9 Å². The number of carbonyl (C=O) groups excluding carboxylic acids is 1. The number of halogens is 3. The van der Waals surface area contributed by atoms with Gasteiger partial charge in [-0.3, -0.25) is 4.79 Å².